The van der Waals surface area contributed by atoms with Crippen molar-refractivity contribution in [1.82, 2.24) is 25.0 Å². The molecule has 2 amide bonds. The van der Waals surface area contributed by atoms with Crippen LogP contribution in [0.5, 0.6) is 5.88 Å². The van der Waals surface area contributed by atoms with Gasteiger partial charge in [-0.15, -0.1) is 0 Å². The van der Waals surface area contributed by atoms with Gasteiger partial charge in [-0.1, -0.05) is 59.6 Å². The van der Waals surface area contributed by atoms with Crippen LogP contribution in [0.15, 0.2) is 71.7 Å². The summed E-state index contributed by atoms with van der Waals surface area (Å²) in [5, 5.41) is 6.30. The predicted molar refractivity (Wildman–Crippen MR) is 182 cm³/mol. The van der Waals surface area contributed by atoms with Crippen LogP contribution in [0.2, 0.25) is 10.0 Å². The Balaban J connectivity index is 1.25. The number of carbonyl (C=O) groups excluding carboxylic acids is 3. The molecule has 3 aromatic heterocycles. The quantitative estimate of drug-likeness (QED) is 0.179. The van der Waals surface area contributed by atoms with E-state index in [2.05, 4.69) is 20.6 Å². The first-order chi connectivity index (χ1) is 23.2. The first-order valence-electron chi connectivity index (χ1n) is 15.0. The minimum atomic E-state index is -0.617. The average Bonchev–Trinajstić information content (AvgIpc) is 3.51. The Kier molecular flexibility index (Phi) is 9.42. The van der Waals surface area contributed by atoms with Crippen LogP contribution in [-0.2, 0) is 16.1 Å². The van der Waals surface area contributed by atoms with Gasteiger partial charge in [0, 0.05) is 47.5 Å². The number of alkyl carbamates (subject to hydrolysis) is 1. The van der Waals surface area contributed by atoms with E-state index in [0.717, 1.165) is 5.56 Å². The minimum Gasteiger partial charge on any atom is -0.481 e. The third-order valence-corrected chi connectivity index (χ3v) is 8.93. The zero-order chi connectivity index (χ0) is 33.9. The number of methoxy groups -OCH3 is 1. The van der Waals surface area contributed by atoms with Crippen molar-refractivity contribution in [3.63, 3.8) is 0 Å². The molecule has 1 unspecified atom stereocenters. The van der Waals surface area contributed by atoms with E-state index < -0.39 is 11.7 Å². The van der Waals surface area contributed by atoms with E-state index in [1.54, 1.807) is 37.4 Å². The van der Waals surface area contributed by atoms with Crippen molar-refractivity contribution in [3.05, 3.63) is 104 Å². The van der Waals surface area contributed by atoms with E-state index in [1.165, 1.54) is 11.5 Å². The Morgan fingerprint density at radius 1 is 1.02 bits per heavy atom. The molecule has 0 saturated carbocycles. The summed E-state index contributed by atoms with van der Waals surface area (Å²) in [6.07, 6.45) is 2.58. The van der Waals surface area contributed by atoms with Gasteiger partial charge >= 0.3 is 6.09 Å². The van der Waals surface area contributed by atoms with E-state index in [-0.39, 0.29) is 36.5 Å². The molecule has 1 fully saturated rings. The number of halogens is 2. The van der Waals surface area contributed by atoms with Crippen LogP contribution >= 0.6 is 23.2 Å². The van der Waals surface area contributed by atoms with Crippen molar-refractivity contribution in [3.8, 4) is 39.4 Å². The summed E-state index contributed by atoms with van der Waals surface area (Å²) in [5.74, 6) is 0.239. The number of nitrogens with zero attached hydrogens (tertiary/aromatic N) is 3. The molecule has 6 rings (SSSR count). The maximum absolute atomic E-state index is 12.7. The number of aryl methyl sites for hydroxylation is 1. The highest BCUT2D eigenvalue weighted by molar-refractivity contribution is 6.39. The van der Waals surface area contributed by atoms with Crippen LogP contribution < -0.4 is 20.9 Å². The Labute approximate surface area is 284 Å². The summed E-state index contributed by atoms with van der Waals surface area (Å²) in [4.78, 5) is 56.8. The second kappa shape index (κ2) is 13.8. The van der Waals surface area contributed by atoms with E-state index in [0.29, 0.717) is 74.0 Å². The van der Waals surface area contributed by atoms with Gasteiger partial charge in [0.2, 0.25) is 11.8 Å². The average molecular weight is 687 g/mol. The second-order valence-corrected chi connectivity index (χ2v) is 11.9. The number of hydrogen-bond donors (Lipinski definition) is 2. The van der Waals surface area contributed by atoms with Crippen LogP contribution in [0.4, 0.5) is 4.79 Å². The molecule has 0 aliphatic carbocycles. The fourth-order valence-electron chi connectivity index (χ4n) is 5.60. The van der Waals surface area contributed by atoms with Crippen LogP contribution in [-0.4, -0.2) is 52.4 Å². The van der Waals surface area contributed by atoms with E-state index in [1.807, 2.05) is 36.4 Å². The lowest BCUT2D eigenvalue weighted by Crippen LogP contribution is -2.38. The third kappa shape index (κ3) is 6.47. The number of amides is 2. The number of ether oxygens (including phenoxy) is 2. The molecule has 5 aromatic rings. The van der Waals surface area contributed by atoms with E-state index >= 15 is 0 Å². The first-order valence-corrected chi connectivity index (χ1v) is 15.7. The molecule has 2 N–H and O–H groups in total. The van der Waals surface area contributed by atoms with Crippen LogP contribution in [0.1, 0.15) is 34.5 Å². The molecule has 1 saturated heterocycles. The van der Waals surface area contributed by atoms with Gasteiger partial charge in [0.15, 0.2) is 6.29 Å². The molecule has 0 bridgehead atoms. The Morgan fingerprint density at radius 2 is 1.73 bits per heavy atom. The monoisotopic (exact) mass is 685 g/mol. The zero-order valence-electron chi connectivity index (χ0n) is 25.9. The Bertz CT molecular complexity index is 2150. The summed E-state index contributed by atoms with van der Waals surface area (Å²) in [6.45, 7) is 1.82. The van der Waals surface area contributed by atoms with Gasteiger partial charge in [-0.3, -0.25) is 18.8 Å². The van der Waals surface area contributed by atoms with Crippen LogP contribution in [0, 0.1) is 6.92 Å². The lowest BCUT2D eigenvalue weighted by molar-refractivity contribution is -0.119. The summed E-state index contributed by atoms with van der Waals surface area (Å²) in [7, 11) is 1.48. The van der Waals surface area contributed by atoms with Crippen molar-refractivity contribution in [2.24, 2.45) is 0 Å². The van der Waals surface area contributed by atoms with Gasteiger partial charge in [0.05, 0.1) is 34.1 Å². The molecule has 1 aliphatic heterocycles. The molecular weight excluding hydrogens is 657 g/mol. The number of carbonyl (C=O) groups is 3. The molecule has 2 aromatic carbocycles. The van der Waals surface area contributed by atoms with Crippen molar-refractivity contribution in [2.75, 3.05) is 13.7 Å². The van der Waals surface area contributed by atoms with Gasteiger partial charge in [0.25, 0.3) is 5.56 Å². The smallest absolute Gasteiger partial charge is 0.407 e. The molecule has 1 atom stereocenters. The molecule has 1 aliphatic rings. The number of rotatable bonds is 9. The summed E-state index contributed by atoms with van der Waals surface area (Å²) in [6, 6.07) is 18.0. The largest absolute Gasteiger partial charge is 0.481 e. The van der Waals surface area contributed by atoms with Crippen molar-refractivity contribution in [1.29, 1.82) is 0 Å². The lowest BCUT2D eigenvalue weighted by Gasteiger charge is -2.15. The normalized spacial score (nSPS) is 14.1. The SMILES string of the molecule is COc1nc(-c2cccc(-c3cccc(-c4ccn5c(=O)c(C=O)c(C)nc5c4)c3Cl)c2Cl)ccc1COC(=O)NCC1CCC(=O)N1. The fraction of sp³-hybridized carbons (Fsp3) is 0.200. The minimum absolute atomic E-state index is 0.0143. The highest BCUT2D eigenvalue weighted by atomic mass is 35.5. The Hall–Kier alpha value is -5.26. The zero-order valence-corrected chi connectivity index (χ0v) is 27.4. The molecule has 48 heavy (non-hydrogen) atoms. The first kappa shape index (κ1) is 32.7. The number of hydrogen-bond acceptors (Lipinski definition) is 8. The van der Waals surface area contributed by atoms with Crippen molar-refractivity contribution < 1.29 is 23.9 Å². The highest BCUT2D eigenvalue weighted by Crippen LogP contribution is 2.42. The maximum Gasteiger partial charge on any atom is 0.407 e. The lowest BCUT2D eigenvalue weighted by atomic mass is 9.97. The molecule has 4 heterocycles. The van der Waals surface area contributed by atoms with E-state index in [4.69, 9.17) is 32.7 Å². The molecule has 0 spiro atoms. The number of aromatic nitrogens is 3. The van der Waals surface area contributed by atoms with Crippen molar-refractivity contribution >= 4 is 47.1 Å². The highest BCUT2D eigenvalue weighted by Gasteiger charge is 2.22. The second-order valence-electron chi connectivity index (χ2n) is 11.1. The number of fused-ring (bicyclic) bond motifs is 1. The van der Waals surface area contributed by atoms with Gasteiger partial charge in [0.1, 0.15) is 17.8 Å². The maximum atomic E-state index is 12.7. The number of benzene rings is 2. The molecule has 11 nitrogen and oxygen atoms in total. The third-order valence-electron chi connectivity index (χ3n) is 8.12. The molecule has 0 radical (unpaired) electrons. The summed E-state index contributed by atoms with van der Waals surface area (Å²) in [5.41, 5.74) is 4.80. The summed E-state index contributed by atoms with van der Waals surface area (Å²) >= 11 is 14.0. The fourth-order valence-corrected chi connectivity index (χ4v) is 6.27. The topological polar surface area (TPSA) is 141 Å². The van der Waals surface area contributed by atoms with Crippen LogP contribution in [0.25, 0.3) is 39.2 Å². The summed E-state index contributed by atoms with van der Waals surface area (Å²) < 4.78 is 12.2. The van der Waals surface area contributed by atoms with Gasteiger partial charge < -0.3 is 20.1 Å². The van der Waals surface area contributed by atoms with Crippen LogP contribution in [0.3, 0.4) is 0 Å². The number of pyridine rings is 2. The molecular formula is C35H29Cl2N5O6. The number of aldehydes is 1. The van der Waals surface area contributed by atoms with Gasteiger partial charge in [-0.25, -0.2) is 14.8 Å². The van der Waals surface area contributed by atoms with Gasteiger partial charge in [-0.2, -0.15) is 0 Å². The molecule has 244 valence electrons. The molecule has 13 heteroatoms. The van der Waals surface area contributed by atoms with Gasteiger partial charge in [-0.05, 0) is 43.2 Å². The Morgan fingerprint density at radius 3 is 2.42 bits per heavy atom. The van der Waals surface area contributed by atoms with E-state index in [9.17, 15) is 19.2 Å². The standard InChI is InChI=1S/C35H29Cl2N5O6/c1-19-27(17-43)34(45)42-14-13-20(15-29(42)39-19)23-5-3-6-24(31(23)36)25-7-4-8-26(32(25)37)28-11-9-21(33(41-28)47-2)18-48-35(46)38-16-22-10-12-30(44)40-22/h3-9,11,13-15,17,22H,10,12,16,18H2,1-2H3,(H,38,46)(H,40,44). The predicted octanol–water partition coefficient (Wildman–Crippen LogP) is 6.03. The number of nitrogens with one attached hydrogen (secondary N) is 2. The van der Waals surface area contributed by atoms with Crippen molar-refractivity contribution in [2.45, 2.75) is 32.4 Å².